The first-order valence-corrected chi connectivity index (χ1v) is 30.2. The number of rotatable bonds is 40. The summed E-state index contributed by atoms with van der Waals surface area (Å²) in [5.41, 5.74) is 23.1. The van der Waals surface area contributed by atoms with E-state index in [2.05, 4.69) is 49.1 Å². The molecule has 1 aromatic rings. The highest BCUT2D eigenvalue weighted by Crippen LogP contribution is 2.25. The first-order valence-electron chi connectivity index (χ1n) is 30.2. The molecule has 1 aliphatic heterocycles. The molecule has 0 bridgehead atoms. The topological polar surface area (TPSA) is 435 Å². The summed E-state index contributed by atoms with van der Waals surface area (Å²) in [5, 5.41) is 39.5. The smallest absolute Gasteiger partial charge is 0.305 e. The number of carboxylic acid groups (broad SMARTS) is 1. The minimum absolute atomic E-state index is 0.0132. The lowest BCUT2D eigenvalue weighted by atomic mass is 9.97. The van der Waals surface area contributed by atoms with Crippen LogP contribution in [0.25, 0.3) is 0 Å². The van der Waals surface area contributed by atoms with Gasteiger partial charge in [-0.3, -0.25) is 57.7 Å². The maximum atomic E-state index is 14.8. The van der Waals surface area contributed by atoms with Gasteiger partial charge in [0, 0.05) is 39.4 Å². The average molecular weight is 1210 g/mol. The predicted octanol–water partition coefficient (Wildman–Crippen LogP) is -0.317. The first-order chi connectivity index (χ1) is 40.5. The molecular weight excluding hydrogens is 1110 g/mol. The quantitative estimate of drug-likeness (QED) is 0.0228. The Balaban J connectivity index is 2.46. The van der Waals surface area contributed by atoms with Crippen LogP contribution in [0, 0.1) is 17.8 Å². The second-order valence-electron chi connectivity index (χ2n) is 23.3. The number of aliphatic carboxylic acids is 1. The number of likely N-dealkylation sites (tertiary alicyclic amines) is 1. The third kappa shape index (κ3) is 26.5. The Morgan fingerprint density at radius 3 is 1.77 bits per heavy atom. The van der Waals surface area contributed by atoms with Crippen LogP contribution in [-0.4, -0.2) is 178 Å². The molecule has 1 heterocycles. The van der Waals surface area contributed by atoms with Crippen molar-refractivity contribution in [3.63, 3.8) is 0 Å². The Bertz CT molecular complexity index is 2430. The zero-order valence-corrected chi connectivity index (χ0v) is 51.9. The number of carbonyl (C=O) groups excluding carboxylic acids is 10. The van der Waals surface area contributed by atoms with Gasteiger partial charge in [-0.05, 0) is 81.7 Å². The number of aliphatic imine (C=N–C) groups is 1. The lowest BCUT2D eigenvalue weighted by molar-refractivity contribution is -0.149. The molecule has 0 spiro atoms. The highest BCUT2D eigenvalue weighted by molar-refractivity contribution is 5.99. The lowest BCUT2D eigenvalue weighted by Crippen LogP contribution is -2.61. The van der Waals surface area contributed by atoms with Crippen molar-refractivity contribution in [2.24, 2.45) is 45.7 Å². The Hall–Kier alpha value is -7.42. The molecule has 11 atom stereocenters. The number of primary amides is 1. The van der Waals surface area contributed by atoms with E-state index in [1.54, 1.807) is 71.9 Å². The number of nitrogens with two attached hydrogens (primary N) is 4. The molecule has 86 heavy (non-hydrogen) atoms. The molecular formula is C59H100N14O13. The van der Waals surface area contributed by atoms with Crippen LogP contribution in [0.4, 0.5) is 0 Å². The molecule has 27 heteroatoms. The van der Waals surface area contributed by atoms with E-state index in [4.69, 9.17) is 22.9 Å². The van der Waals surface area contributed by atoms with E-state index < -0.39 is 132 Å². The number of benzene rings is 1. The van der Waals surface area contributed by atoms with Gasteiger partial charge in [0.2, 0.25) is 59.1 Å². The van der Waals surface area contributed by atoms with Crippen molar-refractivity contribution < 1.29 is 63.0 Å². The van der Waals surface area contributed by atoms with Crippen LogP contribution in [0.2, 0.25) is 0 Å². The minimum atomic E-state index is -1.82. The van der Waals surface area contributed by atoms with Crippen LogP contribution < -0.4 is 60.2 Å². The second-order valence-corrected chi connectivity index (χ2v) is 23.3. The number of aliphatic hydroxyl groups is 1. The van der Waals surface area contributed by atoms with Crippen LogP contribution in [0.1, 0.15) is 157 Å². The highest BCUT2D eigenvalue weighted by atomic mass is 16.4. The van der Waals surface area contributed by atoms with Gasteiger partial charge in [-0.2, -0.15) is 0 Å². The molecule has 10 amide bonds. The van der Waals surface area contributed by atoms with Gasteiger partial charge in [-0.25, -0.2) is 0 Å². The van der Waals surface area contributed by atoms with E-state index >= 15 is 0 Å². The van der Waals surface area contributed by atoms with Crippen LogP contribution in [0.5, 0.6) is 0 Å². The molecule has 0 aromatic heterocycles. The maximum absolute atomic E-state index is 14.8. The van der Waals surface area contributed by atoms with Crippen molar-refractivity contribution in [3.8, 4) is 0 Å². The Labute approximate surface area is 506 Å². The van der Waals surface area contributed by atoms with Gasteiger partial charge in [-0.1, -0.05) is 111 Å². The molecule has 2 rings (SSSR count). The van der Waals surface area contributed by atoms with Crippen LogP contribution in [0.3, 0.4) is 0 Å². The van der Waals surface area contributed by atoms with E-state index in [0.29, 0.717) is 18.4 Å². The zero-order valence-electron chi connectivity index (χ0n) is 51.9. The number of likely N-dealkylation sites (N-methyl/N-ethyl adjacent to an activating group) is 1. The van der Waals surface area contributed by atoms with Gasteiger partial charge >= 0.3 is 5.97 Å². The fourth-order valence-electron chi connectivity index (χ4n) is 9.90. The average Bonchev–Trinajstić information content (AvgIpc) is 2.65. The van der Waals surface area contributed by atoms with Crippen molar-refractivity contribution in [1.82, 2.24) is 47.0 Å². The summed E-state index contributed by atoms with van der Waals surface area (Å²) in [6.07, 6.45) is 3.18. The number of carbonyl (C=O) groups is 11. The van der Waals surface area contributed by atoms with Crippen molar-refractivity contribution in [2.45, 2.75) is 219 Å². The number of hydrogen-bond donors (Lipinski definition) is 13. The van der Waals surface area contributed by atoms with Gasteiger partial charge in [-0.15, -0.1) is 0 Å². The summed E-state index contributed by atoms with van der Waals surface area (Å²) in [7, 11) is 1.29. The van der Waals surface area contributed by atoms with Gasteiger partial charge in [0.05, 0.1) is 12.5 Å². The first kappa shape index (κ1) is 74.7. The molecule has 0 radical (unpaired) electrons. The van der Waals surface area contributed by atoms with Crippen molar-refractivity contribution >= 4 is 71.0 Å². The number of carboxylic acids is 1. The summed E-state index contributed by atoms with van der Waals surface area (Å²) in [5.74, 6) is -10.4. The number of unbranched alkanes of at least 4 members (excludes halogenated alkanes) is 4. The molecule has 17 N–H and O–H groups in total. The number of β-amino-alcohol motifs (C(OH)–C–C–N with tert-alkyl or cyclic N) is 1. The van der Waals surface area contributed by atoms with E-state index in [0.717, 1.165) is 35.5 Å². The third-order valence-electron chi connectivity index (χ3n) is 14.9. The van der Waals surface area contributed by atoms with Crippen molar-refractivity contribution in [2.75, 3.05) is 26.7 Å². The number of amides is 10. The number of aliphatic hydroxyl groups excluding tert-OH is 1. The van der Waals surface area contributed by atoms with Gasteiger partial charge in [0.1, 0.15) is 54.4 Å². The highest BCUT2D eigenvalue weighted by Gasteiger charge is 2.45. The van der Waals surface area contributed by atoms with Gasteiger partial charge < -0.3 is 80.2 Å². The number of guanidine groups is 1. The normalized spacial score (nSPS) is 17.0. The summed E-state index contributed by atoms with van der Waals surface area (Å²) in [6, 6.07) is -3.10. The Morgan fingerprint density at radius 1 is 0.663 bits per heavy atom. The third-order valence-corrected chi connectivity index (χ3v) is 14.9. The number of nitrogens with zero attached hydrogens (tertiary/aromatic N) is 3. The minimum Gasteiger partial charge on any atom is -0.481 e. The standard InChI is InChI=1S/C59H100N14O13/c1-10-12-13-14-18-25-47(75)65-37(8)51(79)68-42(30-38-21-16-15-17-22-38)54(82)66-40(23-19-26-60)52(80)70-44(28-34(3)4)57(85)73-33-39(74)31-46(73)58(86)72(9)45(29-35(5)6)56(84)69-43(32-48(76)77)55(83)67-41(24-20-27-64-59(62)63)53(81)71-49(50(61)78)36(7)11-2/h15-17,21-22,34-37,39-46,49,74H,10-14,18-20,23-33,60H2,1-9H3,(H2,61,78)(H,65,75)(H,66,82)(H,67,83)(H,68,79)(H,69,84)(H,70,80)(H,71,81)(H,76,77)(H4,62,63,64)/t36-,37+,39+,40+,41-,42-,43-,44-,45-,46-,49-/m0/s1. The summed E-state index contributed by atoms with van der Waals surface area (Å²) in [6.45, 7) is 14.0. The molecule has 484 valence electrons. The summed E-state index contributed by atoms with van der Waals surface area (Å²) < 4.78 is 0. The molecule has 0 aliphatic carbocycles. The van der Waals surface area contributed by atoms with E-state index in [1.165, 1.54) is 14.0 Å². The van der Waals surface area contributed by atoms with Crippen molar-refractivity contribution in [1.29, 1.82) is 0 Å². The van der Waals surface area contributed by atoms with Crippen LogP contribution in [-0.2, 0) is 59.2 Å². The summed E-state index contributed by atoms with van der Waals surface area (Å²) in [4.78, 5) is 157. The van der Waals surface area contributed by atoms with Crippen LogP contribution >= 0.6 is 0 Å². The zero-order chi connectivity index (χ0) is 64.8. The van der Waals surface area contributed by atoms with E-state index in [9.17, 15) is 63.0 Å². The fraction of sp³-hybridized carbons (Fsp3) is 0.695. The Morgan fingerprint density at radius 2 is 1.21 bits per heavy atom. The van der Waals surface area contributed by atoms with Gasteiger partial charge in [0.15, 0.2) is 5.96 Å². The fourth-order valence-corrected chi connectivity index (χ4v) is 9.90. The van der Waals surface area contributed by atoms with Crippen LogP contribution in [0.15, 0.2) is 35.3 Å². The van der Waals surface area contributed by atoms with Gasteiger partial charge in [0.25, 0.3) is 0 Å². The largest absolute Gasteiger partial charge is 0.481 e. The second kappa shape index (κ2) is 38.6. The number of hydrogen-bond acceptors (Lipinski definition) is 14. The lowest BCUT2D eigenvalue weighted by Gasteiger charge is -2.35. The Kier molecular flexibility index (Phi) is 33.5. The van der Waals surface area contributed by atoms with E-state index in [-0.39, 0.29) is 101 Å². The molecule has 0 unspecified atom stereocenters. The molecule has 1 aromatic carbocycles. The molecule has 1 aliphatic rings. The summed E-state index contributed by atoms with van der Waals surface area (Å²) >= 11 is 0. The van der Waals surface area contributed by atoms with Crippen molar-refractivity contribution in [3.05, 3.63) is 35.9 Å². The molecule has 27 nitrogen and oxygen atoms in total. The maximum Gasteiger partial charge on any atom is 0.305 e. The van der Waals surface area contributed by atoms with E-state index in [1.807, 2.05) is 0 Å². The molecule has 1 saturated heterocycles. The molecule has 1 fully saturated rings. The monoisotopic (exact) mass is 1210 g/mol. The number of nitrogens with one attached hydrogen (secondary N) is 7. The SMILES string of the molecule is CCCCCCCC(=O)N[C@H](C)C(=O)N[C@@H](Cc1ccccc1)C(=O)N[C@H](CCCN)C(=O)N[C@@H](CC(C)C)C(=O)N1C[C@H](O)C[C@H]1C(=O)N(C)[C@@H](CC(C)C)C(=O)N[C@@H](CC(=O)O)C(=O)N[C@@H](CCCN=C(N)N)C(=O)N[C@H](C(N)=O)[C@@H](C)CC. The predicted molar refractivity (Wildman–Crippen MR) is 323 cm³/mol. The molecule has 0 saturated carbocycles.